The Morgan fingerprint density at radius 2 is 2.16 bits per heavy atom. The quantitative estimate of drug-likeness (QED) is 0.512. The van der Waals surface area contributed by atoms with E-state index in [-0.39, 0.29) is 0 Å². The molecule has 1 aromatic heterocycles. The minimum atomic E-state index is 0.518. The topological polar surface area (TPSA) is 49.6 Å². The van der Waals surface area contributed by atoms with E-state index in [0.717, 1.165) is 35.3 Å². The van der Waals surface area contributed by atoms with Crippen LogP contribution in [0.25, 0.3) is 11.0 Å². The number of thiocarbonyl (C=S) groups is 1. The van der Waals surface area contributed by atoms with Crippen molar-refractivity contribution in [1.82, 2.24) is 10.7 Å². The largest absolute Gasteiger partial charge is 0.460 e. The third kappa shape index (κ3) is 3.12. The zero-order valence-electron chi connectivity index (χ0n) is 11.1. The van der Waals surface area contributed by atoms with E-state index in [1.165, 1.54) is 0 Å². The summed E-state index contributed by atoms with van der Waals surface area (Å²) >= 11 is 5.05. The number of nitrogens with zero attached hydrogens (tertiary/aromatic N) is 1. The van der Waals surface area contributed by atoms with Gasteiger partial charge in [0.25, 0.3) is 0 Å². The Hall–Kier alpha value is -1.88. The van der Waals surface area contributed by atoms with Crippen LogP contribution in [0.15, 0.2) is 33.8 Å². The van der Waals surface area contributed by atoms with Crippen molar-refractivity contribution >= 4 is 34.5 Å². The molecule has 0 saturated heterocycles. The molecule has 4 nitrogen and oxygen atoms in total. The normalized spacial score (nSPS) is 11.1. The molecular weight excluding hydrogens is 258 g/mol. The van der Waals surface area contributed by atoms with E-state index in [9.17, 15) is 0 Å². The summed E-state index contributed by atoms with van der Waals surface area (Å²) in [6.07, 6.45) is 2.59. The molecule has 0 saturated carbocycles. The fraction of sp³-hybridized carbons (Fsp3) is 0.286. The smallest absolute Gasteiger partial charge is 0.186 e. The minimum Gasteiger partial charge on any atom is -0.460 e. The summed E-state index contributed by atoms with van der Waals surface area (Å²) in [6.45, 7) is 4.82. The van der Waals surface area contributed by atoms with Gasteiger partial charge in [-0.05, 0) is 25.2 Å². The first-order valence-corrected chi connectivity index (χ1v) is 6.74. The molecule has 1 heterocycles. The van der Waals surface area contributed by atoms with Gasteiger partial charge < -0.3 is 9.73 Å². The van der Waals surface area contributed by atoms with Crippen molar-refractivity contribution in [3.8, 4) is 0 Å². The number of hydrogen-bond donors (Lipinski definition) is 2. The van der Waals surface area contributed by atoms with E-state index in [1.54, 1.807) is 6.21 Å². The summed E-state index contributed by atoms with van der Waals surface area (Å²) in [5.41, 5.74) is 4.67. The highest BCUT2D eigenvalue weighted by Gasteiger charge is 2.10. The highest BCUT2D eigenvalue weighted by atomic mass is 32.1. The Morgan fingerprint density at radius 1 is 1.37 bits per heavy atom. The number of benzene rings is 1. The second-order valence-corrected chi connectivity index (χ2v) is 4.43. The molecule has 0 fully saturated rings. The van der Waals surface area contributed by atoms with Crippen LogP contribution in [0, 0.1) is 0 Å². The maximum absolute atomic E-state index is 5.79. The number of para-hydroxylation sites is 1. The Kier molecular flexibility index (Phi) is 4.52. The lowest BCUT2D eigenvalue weighted by Gasteiger charge is -2.02. The van der Waals surface area contributed by atoms with Crippen LogP contribution in [-0.4, -0.2) is 17.9 Å². The molecule has 0 bridgehead atoms. The van der Waals surface area contributed by atoms with E-state index in [4.69, 9.17) is 16.6 Å². The molecule has 5 heteroatoms. The molecule has 1 aromatic carbocycles. The Morgan fingerprint density at radius 3 is 2.89 bits per heavy atom. The SMILES string of the molecule is CCNC(=S)N/N=C\c1c(CC)oc2ccccc12. The van der Waals surface area contributed by atoms with Crippen molar-refractivity contribution in [2.75, 3.05) is 6.54 Å². The van der Waals surface area contributed by atoms with Crippen molar-refractivity contribution in [3.63, 3.8) is 0 Å². The maximum atomic E-state index is 5.79. The highest BCUT2D eigenvalue weighted by molar-refractivity contribution is 7.80. The second kappa shape index (κ2) is 6.33. The van der Waals surface area contributed by atoms with E-state index < -0.39 is 0 Å². The summed E-state index contributed by atoms with van der Waals surface area (Å²) in [7, 11) is 0. The van der Waals surface area contributed by atoms with Crippen molar-refractivity contribution in [1.29, 1.82) is 0 Å². The average Bonchev–Trinajstić information content (AvgIpc) is 2.77. The van der Waals surface area contributed by atoms with Gasteiger partial charge in [0.05, 0.1) is 6.21 Å². The van der Waals surface area contributed by atoms with Gasteiger partial charge in [-0.25, -0.2) is 0 Å². The van der Waals surface area contributed by atoms with Crippen LogP contribution in [0.2, 0.25) is 0 Å². The first-order valence-electron chi connectivity index (χ1n) is 6.33. The molecule has 2 aromatic rings. The number of fused-ring (bicyclic) bond motifs is 1. The molecule has 2 rings (SSSR count). The van der Waals surface area contributed by atoms with E-state index >= 15 is 0 Å². The van der Waals surface area contributed by atoms with Gasteiger partial charge in [0.15, 0.2) is 5.11 Å². The number of aryl methyl sites for hydroxylation is 1. The van der Waals surface area contributed by atoms with Gasteiger partial charge in [-0.3, -0.25) is 5.43 Å². The Bertz CT molecular complexity index is 604. The molecule has 0 aliphatic rings. The summed E-state index contributed by atoms with van der Waals surface area (Å²) in [5.74, 6) is 0.932. The number of hydrogen-bond acceptors (Lipinski definition) is 3. The third-order valence-electron chi connectivity index (χ3n) is 2.73. The fourth-order valence-electron chi connectivity index (χ4n) is 1.88. The van der Waals surface area contributed by atoms with E-state index in [1.807, 2.05) is 31.2 Å². The highest BCUT2D eigenvalue weighted by Crippen LogP contribution is 2.24. The predicted octanol–water partition coefficient (Wildman–Crippen LogP) is 2.81. The molecule has 0 atom stereocenters. The van der Waals surface area contributed by atoms with Crippen LogP contribution >= 0.6 is 12.2 Å². The van der Waals surface area contributed by atoms with Crippen molar-refractivity contribution in [2.45, 2.75) is 20.3 Å². The third-order valence-corrected chi connectivity index (χ3v) is 2.96. The second-order valence-electron chi connectivity index (χ2n) is 4.02. The van der Waals surface area contributed by atoms with Crippen molar-refractivity contribution in [3.05, 3.63) is 35.6 Å². The number of furan rings is 1. The monoisotopic (exact) mass is 275 g/mol. The summed E-state index contributed by atoms with van der Waals surface area (Å²) in [4.78, 5) is 0. The molecule has 0 aliphatic carbocycles. The van der Waals surface area contributed by atoms with Gasteiger partial charge in [-0.15, -0.1) is 0 Å². The molecule has 0 radical (unpaired) electrons. The molecular formula is C14H17N3OS. The van der Waals surface area contributed by atoms with Crippen LogP contribution in [0.1, 0.15) is 25.2 Å². The van der Waals surface area contributed by atoms with E-state index in [0.29, 0.717) is 5.11 Å². The fourth-order valence-corrected chi connectivity index (χ4v) is 2.07. The number of nitrogens with one attached hydrogen (secondary N) is 2. The molecule has 0 amide bonds. The molecule has 0 aliphatic heterocycles. The zero-order chi connectivity index (χ0) is 13.7. The predicted molar refractivity (Wildman–Crippen MR) is 82.6 cm³/mol. The van der Waals surface area contributed by atoms with Crippen LogP contribution in [0.3, 0.4) is 0 Å². The lowest BCUT2D eigenvalue weighted by molar-refractivity contribution is 0.556. The van der Waals surface area contributed by atoms with Crippen LogP contribution in [0.5, 0.6) is 0 Å². The zero-order valence-corrected chi connectivity index (χ0v) is 11.9. The first-order chi connectivity index (χ1) is 9.26. The van der Waals surface area contributed by atoms with Crippen LogP contribution < -0.4 is 10.7 Å². The molecule has 0 spiro atoms. The molecule has 0 unspecified atom stereocenters. The Labute approximate surface area is 117 Å². The first kappa shape index (κ1) is 13.5. The van der Waals surface area contributed by atoms with Crippen molar-refractivity contribution < 1.29 is 4.42 Å². The van der Waals surface area contributed by atoms with Crippen molar-refractivity contribution in [2.24, 2.45) is 5.10 Å². The number of hydrazone groups is 1. The average molecular weight is 275 g/mol. The molecule has 19 heavy (non-hydrogen) atoms. The van der Waals surface area contributed by atoms with Gasteiger partial charge >= 0.3 is 0 Å². The molecule has 2 N–H and O–H groups in total. The van der Waals surface area contributed by atoms with Gasteiger partial charge in [0, 0.05) is 23.9 Å². The molecule has 100 valence electrons. The summed E-state index contributed by atoms with van der Waals surface area (Å²) in [5, 5.41) is 8.71. The summed E-state index contributed by atoms with van der Waals surface area (Å²) < 4.78 is 5.79. The van der Waals surface area contributed by atoms with E-state index in [2.05, 4.69) is 22.8 Å². The van der Waals surface area contributed by atoms with Gasteiger partial charge in [0.1, 0.15) is 11.3 Å². The van der Waals surface area contributed by atoms with Gasteiger partial charge in [-0.1, -0.05) is 25.1 Å². The van der Waals surface area contributed by atoms with Gasteiger partial charge in [-0.2, -0.15) is 5.10 Å². The standard InChI is InChI=1S/C14H17N3OS/c1-3-12-11(9-16-17-14(19)15-4-2)10-7-5-6-8-13(10)18-12/h5-9H,3-4H2,1-2H3,(H2,15,17,19)/b16-9-. The lowest BCUT2D eigenvalue weighted by Crippen LogP contribution is -2.31. The maximum Gasteiger partial charge on any atom is 0.186 e. The van der Waals surface area contributed by atoms with Crippen LogP contribution in [0.4, 0.5) is 0 Å². The van der Waals surface area contributed by atoms with Crippen LogP contribution in [-0.2, 0) is 6.42 Å². The Balaban J connectivity index is 2.23. The number of rotatable bonds is 4. The lowest BCUT2D eigenvalue weighted by atomic mass is 10.1. The summed E-state index contributed by atoms with van der Waals surface area (Å²) in [6, 6.07) is 7.95. The minimum absolute atomic E-state index is 0.518. The van der Waals surface area contributed by atoms with Gasteiger partial charge in [0.2, 0.25) is 0 Å².